The van der Waals surface area contributed by atoms with Gasteiger partial charge >= 0.3 is 12.4 Å². The number of rotatable bonds is 10. The number of aromatic nitrogens is 6. The molecule has 69 heavy (non-hydrogen) atoms. The first-order valence-electron chi connectivity index (χ1n) is 19.9. The smallest absolute Gasteiger partial charge is 0.346 e. The standard InChI is InChI=1S/C23H18ClF3N4O3S.C22H16ClF3N4O3S/c1-12-4-5-15(9-17(12)23(25,26)27)35(33,34)30-18-8-14(24)10-29-20(18)21(32)19-13(2)11-31(3)22-16(19)6-7-28-22;1-11-3-4-14(8-16(11)22(24,25)26)34(32,33)30-17-7-13(23)10-28-19(17)20(31)18-12(2)9-29-21-15(18)5-6-27-21/h4-11H,1-3H3,(H,30,32);3-10,30H,1-2H3,(H,27,29)/p+1. The molecule has 0 aliphatic carbocycles. The number of anilines is 2. The van der Waals surface area contributed by atoms with Crippen molar-refractivity contribution in [3.05, 3.63) is 164 Å². The lowest BCUT2D eigenvalue weighted by molar-refractivity contribution is -0.647. The van der Waals surface area contributed by atoms with E-state index < -0.39 is 64.9 Å². The second kappa shape index (κ2) is 18.6. The molecular weight excluding hydrogens is 998 g/mol. The molecule has 0 bridgehead atoms. The Bertz CT molecular complexity index is 3620. The van der Waals surface area contributed by atoms with Gasteiger partial charge in [0.05, 0.1) is 67.2 Å². The summed E-state index contributed by atoms with van der Waals surface area (Å²) in [7, 11) is -7.25. The molecular formula is C45H35Cl2F6N8O6S2+. The highest BCUT2D eigenvalue weighted by molar-refractivity contribution is 7.93. The van der Waals surface area contributed by atoms with Gasteiger partial charge in [0, 0.05) is 46.9 Å². The summed E-state index contributed by atoms with van der Waals surface area (Å²) in [5, 5.41) is 1.15. The van der Waals surface area contributed by atoms with Crippen molar-refractivity contribution in [2.75, 3.05) is 9.44 Å². The van der Waals surface area contributed by atoms with Crippen LogP contribution in [0.3, 0.4) is 0 Å². The molecule has 14 nitrogen and oxygen atoms in total. The summed E-state index contributed by atoms with van der Waals surface area (Å²) in [4.78, 5) is 43.9. The lowest BCUT2D eigenvalue weighted by atomic mass is 10.00. The van der Waals surface area contributed by atoms with Crippen LogP contribution in [0.1, 0.15) is 65.5 Å². The molecule has 0 saturated heterocycles. The van der Waals surface area contributed by atoms with Gasteiger partial charge in [0.15, 0.2) is 0 Å². The molecule has 2 aromatic carbocycles. The quantitative estimate of drug-likeness (QED) is 0.0585. The number of halogens is 8. The van der Waals surface area contributed by atoms with E-state index in [0.29, 0.717) is 50.9 Å². The normalized spacial score (nSPS) is 12.2. The van der Waals surface area contributed by atoms with E-state index in [4.69, 9.17) is 23.2 Å². The molecule has 8 rings (SSSR count). The lowest BCUT2D eigenvalue weighted by Gasteiger charge is -2.15. The summed E-state index contributed by atoms with van der Waals surface area (Å²) >= 11 is 12.0. The minimum Gasteiger partial charge on any atom is -0.346 e. The Labute approximate surface area is 398 Å². The first-order valence-corrected chi connectivity index (χ1v) is 23.6. The maximum atomic E-state index is 13.6. The predicted molar refractivity (Wildman–Crippen MR) is 244 cm³/mol. The third kappa shape index (κ3) is 10.3. The van der Waals surface area contributed by atoms with Crippen molar-refractivity contribution in [1.82, 2.24) is 24.9 Å². The first-order chi connectivity index (χ1) is 32.2. The van der Waals surface area contributed by atoms with Crippen LogP contribution in [-0.2, 0) is 39.4 Å². The predicted octanol–water partition coefficient (Wildman–Crippen LogP) is 9.99. The van der Waals surface area contributed by atoms with E-state index in [1.165, 1.54) is 44.6 Å². The minimum atomic E-state index is -4.74. The van der Waals surface area contributed by atoms with Gasteiger partial charge in [0.2, 0.25) is 11.6 Å². The van der Waals surface area contributed by atoms with E-state index >= 15 is 0 Å². The molecule has 24 heteroatoms. The van der Waals surface area contributed by atoms with Crippen molar-refractivity contribution in [3.8, 4) is 0 Å². The average molecular weight is 1030 g/mol. The Morgan fingerprint density at radius 1 is 0.594 bits per heavy atom. The molecule has 0 atom stereocenters. The number of hydrogen-bond donors (Lipinski definition) is 4. The Morgan fingerprint density at radius 3 is 1.52 bits per heavy atom. The number of carbonyl (C=O) groups is 2. The maximum absolute atomic E-state index is 13.6. The molecule has 0 fully saturated rings. The van der Waals surface area contributed by atoms with Gasteiger partial charge in [-0.25, -0.2) is 41.3 Å². The second-order valence-corrected chi connectivity index (χ2v) is 19.7. The zero-order valence-corrected chi connectivity index (χ0v) is 39.5. The number of sulfonamides is 2. The number of alkyl halides is 6. The van der Waals surface area contributed by atoms with Crippen molar-refractivity contribution in [1.29, 1.82) is 0 Å². The van der Waals surface area contributed by atoms with Crippen LogP contribution in [0.25, 0.3) is 22.1 Å². The van der Waals surface area contributed by atoms with Gasteiger partial charge in [-0.3, -0.25) is 19.0 Å². The Hall–Kier alpha value is -6.88. The molecule has 0 unspecified atom stereocenters. The van der Waals surface area contributed by atoms with E-state index in [1.54, 1.807) is 56.2 Å². The fourth-order valence-corrected chi connectivity index (χ4v) is 9.87. The van der Waals surface area contributed by atoms with Crippen LogP contribution < -0.4 is 14.0 Å². The van der Waals surface area contributed by atoms with Crippen LogP contribution in [0.2, 0.25) is 10.0 Å². The first kappa shape index (κ1) is 50.0. The van der Waals surface area contributed by atoms with Crippen molar-refractivity contribution in [2.45, 2.75) is 49.8 Å². The molecule has 6 heterocycles. The van der Waals surface area contributed by atoms with Crippen LogP contribution in [0.4, 0.5) is 37.7 Å². The van der Waals surface area contributed by atoms with Crippen LogP contribution in [0, 0.1) is 27.7 Å². The lowest BCUT2D eigenvalue weighted by Crippen LogP contribution is -2.30. The fraction of sp³-hybridized carbons (Fsp3) is 0.156. The largest absolute Gasteiger partial charge is 0.416 e. The summed E-state index contributed by atoms with van der Waals surface area (Å²) in [6.45, 7) is 5.85. The van der Waals surface area contributed by atoms with E-state index in [1.807, 2.05) is 0 Å². The molecule has 8 aromatic rings. The van der Waals surface area contributed by atoms with Gasteiger partial charge in [-0.15, -0.1) is 0 Å². The number of nitrogens with zero attached hydrogens (tertiary/aromatic N) is 4. The number of fused-ring (bicyclic) bond motifs is 2. The van der Waals surface area contributed by atoms with Crippen molar-refractivity contribution in [3.63, 3.8) is 0 Å². The molecule has 358 valence electrons. The Balaban J connectivity index is 0.000000204. The van der Waals surface area contributed by atoms with Gasteiger partial charge < -0.3 is 4.98 Å². The number of carbonyl (C=O) groups excluding carboxylic acids is 2. The topological polar surface area (TPSA) is 201 Å². The van der Waals surface area contributed by atoms with Crippen molar-refractivity contribution < 1.29 is 57.3 Å². The van der Waals surface area contributed by atoms with Gasteiger partial charge in [-0.2, -0.15) is 26.3 Å². The molecule has 0 aliphatic rings. The van der Waals surface area contributed by atoms with Crippen LogP contribution in [0.15, 0.2) is 108 Å². The number of benzene rings is 2. The van der Waals surface area contributed by atoms with E-state index in [0.717, 1.165) is 24.3 Å². The number of nitrogens with one attached hydrogen (secondary N) is 4. The highest BCUT2D eigenvalue weighted by Crippen LogP contribution is 2.36. The molecule has 6 aromatic heterocycles. The number of aromatic amines is 2. The summed E-state index contributed by atoms with van der Waals surface area (Å²) < 4.78 is 138. The number of hydrogen-bond acceptors (Lipinski definition) is 9. The SMILES string of the molecule is Cc1ccc(S(=O)(=O)Nc2cc(Cl)cnc2C(=O)c2c(C)c[n+](C)c3[nH]ccc23)cc1C(F)(F)F.Cc1ccc(S(=O)(=O)Nc2cc(Cl)cnc2C(=O)c2c(C)cnc3[nH]ccc23)cc1C(F)(F)F. The Kier molecular flexibility index (Phi) is 13.4. The van der Waals surface area contributed by atoms with Gasteiger partial charge in [-0.05, 0) is 92.9 Å². The fourth-order valence-electron chi connectivity index (χ4n) is 7.38. The van der Waals surface area contributed by atoms with Gasteiger partial charge in [0.25, 0.3) is 25.7 Å². The second-order valence-electron chi connectivity index (χ2n) is 15.5. The summed E-state index contributed by atoms with van der Waals surface area (Å²) in [5.74, 6) is -1.19. The summed E-state index contributed by atoms with van der Waals surface area (Å²) in [6, 6.07) is 11.0. The van der Waals surface area contributed by atoms with E-state index in [-0.39, 0.29) is 49.5 Å². The third-order valence-electron chi connectivity index (χ3n) is 10.6. The molecule has 0 aliphatic heterocycles. The van der Waals surface area contributed by atoms with Gasteiger partial charge in [-0.1, -0.05) is 35.3 Å². The van der Waals surface area contributed by atoms with Crippen LogP contribution in [0.5, 0.6) is 0 Å². The maximum Gasteiger partial charge on any atom is 0.416 e. The number of pyridine rings is 4. The minimum absolute atomic E-state index is 0.0207. The average Bonchev–Trinajstić information content (AvgIpc) is 3.94. The highest BCUT2D eigenvalue weighted by Gasteiger charge is 2.36. The van der Waals surface area contributed by atoms with Crippen LogP contribution in [-0.4, -0.2) is 53.3 Å². The number of aryl methyl sites for hydroxylation is 5. The molecule has 0 radical (unpaired) electrons. The molecule has 0 spiro atoms. The number of H-pyrrole nitrogens is 2. The van der Waals surface area contributed by atoms with Gasteiger partial charge in [0.1, 0.15) is 17.0 Å². The zero-order valence-electron chi connectivity index (χ0n) is 36.3. The molecule has 0 amide bonds. The molecule has 0 saturated carbocycles. The van der Waals surface area contributed by atoms with E-state index in [9.17, 15) is 52.8 Å². The third-order valence-corrected chi connectivity index (χ3v) is 13.8. The van der Waals surface area contributed by atoms with Crippen molar-refractivity contribution >= 4 is 88.3 Å². The summed E-state index contributed by atoms with van der Waals surface area (Å²) in [6.07, 6.45) is -0.643. The highest BCUT2D eigenvalue weighted by atomic mass is 35.5. The van der Waals surface area contributed by atoms with Crippen LogP contribution >= 0.6 is 23.2 Å². The summed E-state index contributed by atoms with van der Waals surface area (Å²) in [5.41, 5.74) is -0.677. The Morgan fingerprint density at radius 2 is 1.04 bits per heavy atom. The van der Waals surface area contributed by atoms with Crippen molar-refractivity contribution in [2.24, 2.45) is 7.05 Å². The zero-order chi connectivity index (χ0) is 50.5. The van der Waals surface area contributed by atoms with E-state index in [2.05, 4.69) is 34.4 Å². The monoisotopic (exact) mass is 1030 g/mol. The number of ketones is 2. The molecule has 4 N–H and O–H groups in total.